The molecular weight excluding hydrogens is 238 g/mol. The number of nitrogens with zero attached hydrogens (tertiary/aromatic N) is 1. The first kappa shape index (κ1) is 12.4. The van der Waals surface area contributed by atoms with Gasteiger partial charge in [-0.15, -0.1) is 0 Å². The average molecular weight is 255 g/mol. The van der Waals surface area contributed by atoms with Crippen LogP contribution in [0.4, 0.5) is 5.69 Å². The summed E-state index contributed by atoms with van der Waals surface area (Å²) in [6.45, 7) is 1.30. The minimum absolute atomic E-state index is 0.154. The highest BCUT2D eigenvalue weighted by Crippen LogP contribution is 2.18. The van der Waals surface area contributed by atoms with Gasteiger partial charge in [0.25, 0.3) is 0 Å². The highest BCUT2D eigenvalue weighted by atomic mass is 32.2. The lowest BCUT2D eigenvalue weighted by Gasteiger charge is -2.28. The molecule has 2 rings (SSSR count). The fraction of sp³-hybridized carbons (Fsp3) is 0.500. The average Bonchev–Trinajstić information content (AvgIpc) is 2.31. The number of sulfone groups is 1. The van der Waals surface area contributed by atoms with E-state index in [2.05, 4.69) is 4.90 Å². The number of aliphatic hydroxyl groups is 1. The molecule has 0 radical (unpaired) electrons. The molecule has 0 bridgehead atoms. The molecule has 1 aromatic rings. The first-order valence-corrected chi connectivity index (χ1v) is 7.58. The van der Waals surface area contributed by atoms with E-state index >= 15 is 0 Å². The van der Waals surface area contributed by atoms with Crippen LogP contribution in [0.1, 0.15) is 5.56 Å². The van der Waals surface area contributed by atoms with E-state index in [4.69, 9.17) is 5.11 Å². The van der Waals surface area contributed by atoms with Gasteiger partial charge >= 0.3 is 0 Å². The van der Waals surface area contributed by atoms with E-state index in [9.17, 15) is 8.42 Å². The van der Waals surface area contributed by atoms with Crippen LogP contribution in [0.2, 0.25) is 0 Å². The van der Waals surface area contributed by atoms with Gasteiger partial charge in [0.1, 0.15) is 0 Å². The molecule has 17 heavy (non-hydrogen) atoms. The smallest absolute Gasteiger partial charge is 0.153 e. The summed E-state index contributed by atoms with van der Waals surface area (Å²) in [4.78, 5) is 2.09. The van der Waals surface area contributed by atoms with E-state index in [1.54, 1.807) is 0 Å². The third-order valence-electron chi connectivity index (χ3n) is 3.05. The summed E-state index contributed by atoms with van der Waals surface area (Å²) in [6.07, 6.45) is 0.661. The lowest BCUT2D eigenvalue weighted by Crippen LogP contribution is -2.40. The van der Waals surface area contributed by atoms with Crippen molar-refractivity contribution in [2.45, 2.75) is 6.42 Å². The zero-order valence-corrected chi connectivity index (χ0v) is 10.5. The monoisotopic (exact) mass is 255 g/mol. The minimum Gasteiger partial charge on any atom is -0.396 e. The molecule has 0 aliphatic carbocycles. The van der Waals surface area contributed by atoms with Crippen molar-refractivity contribution in [3.8, 4) is 0 Å². The Morgan fingerprint density at radius 1 is 1.12 bits per heavy atom. The molecule has 5 heteroatoms. The van der Waals surface area contributed by atoms with Crippen molar-refractivity contribution in [2.75, 3.05) is 36.1 Å². The number of hydrogen-bond donors (Lipinski definition) is 1. The molecule has 0 aromatic heterocycles. The summed E-state index contributed by atoms with van der Waals surface area (Å²) >= 11 is 0. The fourth-order valence-corrected chi connectivity index (χ4v) is 3.17. The van der Waals surface area contributed by atoms with Crippen molar-refractivity contribution in [3.05, 3.63) is 29.8 Å². The summed E-state index contributed by atoms with van der Waals surface area (Å²) < 4.78 is 22.6. The first-order chi connectivity index (χ1) is 8.11. The number of rotatable bonds is 3. The summed E-state index contributed by atoms with van der Waals surface area (Å²) in [5.74, 6) is 0.483. The van der Waals surface area contributed by atoms with E-state index < -0.39 is 9.84 Å². The predicted molar refractivity (Wildman–Crippen MR) is 68.1 cm³/mol. The molecule has 1 N–H and O–H groups in total. The fourth-order valence-electron chi connectivity index (χ4n) is 1.97. The zero-order valence-electron chi connectivity index (χ0n) is 9.67. The summed E-state index contributed by atoms with van der Waals surface area (Å²) in [5.41, 5.74) is 2.16. The molecule has 1 aromatic carbocycles. The van der Waals surface area contributed by atoms with Crippen molar-refractivity contribution >= 4 is 15.5 Å². The lowest BCUT2D eigenvalue weighted by molar-refractivity contribution is 0.299. The molecular formula is C12H17NO3S. The Hall–Kier alpha value is -1.07. The molecule has 94 valence electrons. The van der Waals surface area contributed by atoms with Gasteiger partial charge in [0.2, 0.25) is 0 Å². The Morgan fingerprint density at radius 3 is 2.24 bits per heavy atom. The number of aliphatic hydroxyl groups excluding tert-OH is 1. The third-order valence-corrected chi connectivity index (χ3v) is 4.66. The van der Waals surface area contributed by atoms with Gasteiger partial charge in [0.15, 0.2) is 9.84 Å². The maximum Gasteiger partial charge on any atom is 0.153 e. The van der Waals surface area contributed by atoms with Crippen molar-refractivity contribution in [1.29, 1.82) is 0 Å². The van der Waals surface area contributed by atoms with Crippen molar-refractivity contribution in [1.82, 2.24) is 0 Å². The standard InChI is InChI=1S/C12H17NO3S/c14-8-5-11-1-3-12(4-2-11)13-6-9-17(15,16)10-7-13/h1-4,14H,5-10H2. The van der Waals surface area contributed by atoms with Gasteiger partial charge in [-0.1, -0.05) is 12.1 Å². The maximum atomic E-state index is 11.3. The number of anilines is 1. The van der Waals surface area contributed by atoms with Gasteiger partial charge in [-0.25, -0.2) is 8.42 Å². The van der Waals surface area contributed by atoms with E-state index in [1.807, 2.05) is 24.3 Å². The van der Waals surface area contributed by atoms with Gasteiger partial charge in [0.05, 0.1) is 11.5 Å². The van der Waals surface area contributed by atoms with E-state index in [1.165, 1.54) is 0 Å². The molecule has 1 aliphatic rings. The van der Waals surface area contributed by atoms with Crippen LogP contribution in [0, 0.1) is 0 Å². The van der Waals surface area contributed by atoms with Crippen molar-refractivity contribution in [3.63, 3.8) is 0 Å². The van der Waals surface area contributed by atoms with Crippen LogP contribution in [0.5, 0.6) is 0 Å². The molecule has 0 unspecified atom stereocenters. The number of benzene rings is 1. The van der Waals surface area contributed by atoms with Crippen LogP contribution in [0.15, 0.2) is 24.3 Å². The normalized spacial score (nSPS) is 19.2. The second-order valence-electron chi connectivity index (χ2n) is 4.28. The van der Waals surface area contributed by atoms with E-state index in [0.717, 1.165) is 11.3 Å². The predicted octanol–water partition coefficient (Wildman–Crippen LogP) is 0.456. The first-order valence-electron chi connectivity index (χ1n) is 5.76. The second kappa shape index (κ2) is 5.06. The van der Waals surface area contributed by atoms with Crippen LogP contribution in [0.3, 0.4) is 0 Å². The Kier molecular flexibility index (Phi) is 3.69. The van der Waals surface area contributed by atoms with E-state index in [-0.39, 0.29) is 18.1 Å². The van der Waals surface area contributed by atoms with Crippen LogP contribution in [-0.4, -0.2) is 44.7 Å². The Bertz CT molecular complexity index is 453. The quantitative estimate of drug-likeness (QED) is 0.852. The number of hydrogen-bond acceptors (Lipinski definition) is 4. The van der Waals surface area contributed by atoms with Gasteiger partial charge in [-0.3, -0.25) is 0 Å². The molecule has 4 nitrogen and oxygen atoms in total. The van der Waals surface area contributed by atoms with Crippen LogP contribution in [-0.2, 0) is 16.3 Å². The summed E-state index contributed by atoms with van der Waals surface area (Å²) in [5, 5.41) is 8.82. The third kappa shape index (κ3) is 3.20. The largest absolute Gasteiger partial charge is 0.396 e. The highest BCUT2D eigenvalue weighted by molar-refractivity contribution is 7.91. The van der Waals surface area contributed by atoms with Crippen LogP contribution < -0.4 is 4.90 Å². The molecule has 1 heterocycles. The van der Waals surface area contributed by atoms with Crippen molar-refractivity contribution in [2.24, 2.45) is 0 Å². The Labute approximate surface area is 102 Å². The van der Waals surface area contributed by atoms with Gasteiger partial charge in [0, 0.05) is 25.4 Å². The Morgan fingerprint density at radius 2 is 1.71 bits per heavy atom. The molecule has 1 aliphatic heterocycles. The Balaban J connectivity index is 2.03. The SMILES string of the molecule is O=S1(=O)CCN(c2ccc(CCO)cc2)CC1. The van der Waals surface area contributed by atoms with Crippen LogP contribution >= 0.6 is 0 Å². The summed E-state index contributed by atoms with van der Waals surface area (Å²) in [7, 11) is -2.82. The summed E-state index contributed by atoms with van der Waals surface area (Å²) in [6, 6.07) is 7.94. The van der Waals surface area contributed by atoms with Gasteiger partial charge < -0.3 is 10.0 Å². The van der Waals surface area contributed by atoms with E-state index in [0.29, 0.717) is 19.5 Å². The second-order valence-corrected chi connectivity index (χ2v) is 6.58. The molecule has 1 saturated heterocycles. The molecule has 0 spiro atoms. The molecule has 0 amide bonds. The highest BCUT2D eigenvalue weighted by Gasteiger charge is 2.21. The molecule has 1 fully saturated rings. The van der Waals surface area contributed by atoms with Gasteiger partial charge in [-0.2, -0.15) is 0 Å². The lowest BCUT2D eigenvalue weighted by atomic mass is 10.1. The van der Waals surface area contributed by atoms with Gasteiger partial charge in [-0.05, 0) is 24.1 Å². The minimum atomic E-state index is -2.82. The van der Waals surface area contributed by atoms with Crippen LogP contribution in [0.25, 0.3) is 0 Å². The molecule has 0 saturated carbocycles. The maximum absolute atomic E-state index is 11.3. The molecule has 0 atom stereocenters. The topological polar surface area (TPSA) is 57.6 Å². The van der Waals surface area contributed by atoms with Crippen molar-refractivity contribution < 1.29 is 13.5 Å². The zero-order chi connectivity index (χ0) is 12.3.